The van der Waals surface area contributed by atoms with Gasteiger partial charge in [0, 0.05) is 4.90 Å². The number of rotatable bonds is 7. The van der Waals surface area contributed by atoms with E-state index in [0.717, 1.165) is 19.0 Å². The van der Waals surface area contributed by atoms with Crippen LogP contribution in [0.2, 0.25) is 0 Å². The van der Waals surface area contributed by atoms with Crippen LogP contribution in [0.3, 0.4) is 0 Å². The lowest BCUT2D eigenvalue weighted by atomic mass is 10.1. The first-order valence-corrected chi connectivity index (χ1v) is 8.06. The Labute approximate surface area is 120 Å². The highest BCUT2D eigenvalue weighted by molar-refractivity contribution is 7.99. The summed E-state index contributed by atoms with van der Waals surface area (Å²) in [6, 6.07) is 15.3. The highest BCUT2D eigenvalue weighted by Gasteiger charge is 1.97. The molecular weight excluding hydrogens is 250 g/mol. The van der Waals surface area contributed by atoms with E-state index in [1.165, 1.54) is 27.8 Å². The lowest BCUT2D eigenvalue weighted by Crippen LogP contribution is -2.21. The molecule has 0 amide bonds. The van der Waals surface area contributed by atoms with Crippen molar-refractivity contribution >= 4 is 22.5 Å². The second kappa shape index (κ2) is 7.56. The molecule has 0 aliphatic heterocycles. The second-order valence-electron chi connectivity index (χ2n) is 5.31. The quantitative estimate of drug-likeness (QED) is 0.586. The summed E-state index contributed by atoms with van der Waals surface area (Å²) in [6.07, 6.45) is 1.23. The maximum atomic E-state index is 3.49. The molecule has 2 aromatic rings. The molecule has 0 bridgehead atoms. The lowest BCUT2D eigenvalue weighted by Gasteiger charge is -2.07. The van der Waals surface area contributed by atoms with Gasteiger partial charge < -0.3 is 5.32 Å². The Kier molecular flexibility index (Phi) is 5.74. The molecule has 2 heteroatoms. The van der Waals surface area contributed by atoms with Crippen LogP contribution in [-0.2, 0) is 0 Å². The van der Waals surface area contributed by atoms with E-state index in [0.29, 0.717) is 0 Å². The van der Waals surface area contributed by atoms with Gasteiger partial charge in [0.05, 0.1) is 0 Å². The maximum absolute atomic E-state index is 3.49. The topological polar surface area (TPSA) is 12.0 Å². The highest BCUT2D eigenvalue weighted by atomic mass is 32.2. The van der Waals surface area contributed by atoms with Crippen molar-refractivity contribution in [3.05, 3.63) is 42.5 Å². The zero-order chi connectivity index (χ0) is 13.5. The van der Waals surface area contributed by atoms with Gasteiger partial charge in [-0.1, -0.05) is 44.2 Å². The van der Waals surface area contributed by atoms with Crippen LogP contribution < -0.4 is 5.32 Å². The minimum Gasteiger partial charge on any atom is -0.316 e. The van der Waals surface area contributed by atoms with Crippen LogP contribution >= 0.6 is 11.8 Å². The SMILES string of the molecule is CC(C)CNCCCSc1ccc2ccccc2c1. The first-order chi connectivity index (χ1) is 9.25. The van der Waals surface area contributed by atoms with Gasteiger partial charge in [0.2, 0.25) is 0 Å². The molecular formula is C17H23NS. The summed E-state index contributed by atoms with van der Waals surface area (Å²) in [6.45, 7) is 6.74. The summed E-state index contributed by atoms with van der Waals surface area (Å²) < 4.78 is 0. The van der Waals surface area contributed by atoms with Crippen LogP contribution in [0.15, 0.2) is 47.4 Å². The Balaban J connectivity index is 1.75. The molecule has 0 spiro atoms. The summed E-state index contributed by atoms with van der Waals surface area (Å²) in [7, 11) is 0. The molecule has 1 nitrogen and oxygen atoms in total. The maximum Gasteiger partial charge on any atom is 0.00783 e. The monoisotopic (exact) mass is 273 g/mol. The van der Waals surface area contributed by atoms with Crippen LogP contribution in [-0.4, -0.2) is 18.8 Å². The normalized spacial score (nSPS) is 11.3. The number of nitrogens with one attached hydrogen (secondary N) is 1. The Bertz CT molecular complexity index is 507. The number of hydrogen-bond donors (Lipinski definition) is 1. The number of benzene rings is 2. The van der Waals surface area contributed by atoms with Crippen LogP contribution in [0, 0.1) is 5.92 Å². The molecule has 0 unspecified atom stereocenters. The van der Waals surface area contributed by atoms with Crippen molar-refractivity contribution in [3.8, 4) is 0 Å². The van der Waals surface area contributed by atoms with Gasteiger partial charge in [-0.25, -0.2) is 0 Å². The summed E-state index contributed by atoms with van der Waals surface area (Å²) in [4.78, 5) is 1.38. The molecule has 0 aliphatic rings. The third kappa shape index (κ3) is 4.88. The van der Waals surface area contributed by atoms with E-state index >= 15 is 0 Å². The van der Waals surface area contributed by atoms with Crippen LogP contribution in [0.4, 0.5) is 0 Å². The fourth-order valence-electron chi connectivity index (χ4n) is 2.04. The van der Waals surface area contributed by atoms with E-state index in [2.05, 4.69) is 61.6 Å². The van der Waals surface area contributed by atoms with E-state index in [1.54, 1.807) is 0 Å². The highest BCUT2D eigenvalue weighted by Crippen LogP contribution is 2.23. The van der Waals surface area contributed by atoms with E-state index < -0.39 is 0 Å². The van der Waals surface area contributed by atoms with E-state index in [9.17, 15) is 0 Å². The Morgan fingerprint density at radius 2 is 1.84 bits per heavy atom. The van der Waals surface area contributed by atoms with Gasteiger partial charge >= 0.3 is 0 Å². The van der Waals surface area contributed by atoms with Crippen LogP contribution in [0.5, 0.6) is 0 Å². The van der Waals surface area contributed by atoms with Gasteiger partial charge in [0.25, 0.3) is 0 Å². The molecule has 0 saturated heterocycles. The standard InChI is InChI=1S/C17H23NS/c1-14(2)13-18-10-5-11-19-17-9-8-15-6-3-4-7-16(15)12-17/h3-4,6-9,12,14,18H,5,10-11,13H2,1-2H3. The molecule has 19 heavy (non-hydrogen) atoms. The van der Waals surface area contributed by atoms with Crippen molar-refractivity contribution in [3.63, 3.8) is 0 Å². The summed E-state index contributed by atoms with van der Waals surface area (Å²) in [5.74, 6) is 1.93. The molecule has 0 aliphatic carbocycles. The third-order valence-electron chi connectivity index (χ3n) is 3.04. The average molecular weight is 273 g/mol. The second-order valence-corrected chi connectivity index (χ2v) is 6.48. The molecule has 2 aromatic carbocycles. The third-order valence-corrected chi connectivity index (χ3v) is 4.12. The summed E-state index contributed by atoms with van der Waals surface area (Å²) in [5.41, 5.74) is 0. The number of hydrogen-bond acceptors (Lipinski definition) is 2. The molecule has 1 N–H and O–H groups in total. The molecule has 0 aromatic heterocycles. The number of thioether (sulfide) groups is 1. The van der Waals surface area contributed by atoms with Gasteiger partial charge in [0.1, 0.15) is 0 Å². The summed E-state index contributed by atoms with van der Waals surface area (Å²) in [5, 5.41) is 6.15. The van der Waals surface area contributed by atoms with Crippen molar-refractivity contribution in [1.29, 1.82) is 0 Å². The fourth-order valence-corrected chi connectivity index (χ4v) is 2.93. The zero-order valence-electron chi connectivity index (χ0n) is 11.9. The number of fused-ring (bicyclic) bond motifs is 1. The minimum absolute atomic E-state index is 0.744. The van der Waals surface area contributed by atoms with Crippen molar-refractivity contribution in [2.75, 3.05) is 18.8 Å². The predicted octanol–water partition coefficient (Wildman–Crippen LogP) is 4.57. The Morgan fingerprint density at radius 1 is 1.05 bits per heavy atom. The van der Waals surface area contributed by atoms with Crippen LogP contribution in [0.25, 0.3) is 10.8 Å². The van der Waals surface area contributed by atoms with Gasteiger partial charge in [-0.15, -0.1) is 11.8 Å². The van der Waals surface area contributed by atoms with Crippen LogP contribution in [0.1, 0.15) is 20.3 Å². The lowest BCUT2D eigenvalue weighted by molar-refractivity contribution is 0.552. The molecule has 0 fully saturated rings. The first kappa shape index (κ1) is 14.4. The van der Waals surface area contributed by atoms with E-state index in [4.69, 9.17) is 0 Å². The molecule has 0 saturated carbocycles. The molecule has 0 atom stereocenters. The van der Waals surface area contributed by atoms with E-state index in [-0.39, 0.29) is 0 Å². The van der Waals surface area contributed by atoms with Crippen molar-refractivity contribution in [2.24, 2.45) is 5.92 Å². The molecule has 2 rings (SSSR count). The van der Waals surface area contributed by atoms with Gasteiger partial charge in [-0.3, -0.25) is 0 Å². The van der Waals surface area contributed by atoms with Crippen molar-refractivity contribution in [2.45, 2.75) is 25.2 Å². The average Bonchev–Trinajstić information content (AvgIpc) is 2.42. The van der Waals surface area contributed by atoms with Gasteiger partial charge in [-0.05, 0) is 54.1 Å². The summed E-state index contributed by atoms with van der Waals surface area (Å²) >= 11 is 1.95. The largest absolute Gasteiger partial charge is 0.316 e. The van der Waals surface area contributed by atoms with Gasteiger partial charge in [0.15, 0.2) is 0 Å². The molecule has 0 heterocycles. The Morgan fingerprint density at radius 3 is 2.63 bits per heavy atom. The minimum atomic E-state index is 0.744. The Hall–Kier alpha value is -0.990. The van der Waals surface area contributed by atoms with Crippen molar-refractivity contribution in [1.82, 2.24) is 5.32 Å². The first-order valence-electron chi connectivity index (χ1n) is 7.08. The molecule has 0 radical (unpaired) electrons. The predicted molar refractivity (Wildman–Crippen MR) is 87.0 cm³/mol. The molecule has 102 valence electrons. The van der Waals surface area contributed by atoms with E-state index in [1.807, 2.05) is 11.8 Å². The zero-order valence-corrected chi connectivity index (χ0v) is 12.7. The van der Waals surface area contributed by atoms with Gasteiger partial charge in [-0.2, -0.15) is 0 Å². The fraction of sp³-hybridized carbons (Fsp3) is 0.412. The van der Waals surface area contributed by atoms with Crippen molar-refractivity contribution < 1.29 is 0 Å². The smallest absolute Gasteiger partial charge is 0.00783 e.